The third kappa shape index (κ3) is 3.09. The van der Waals surface area contributed by atoms with E-state index < -0.39 is 0 Å². The van der Waals surface area contributed by atoms with Crippen LogP contribution in [0.15, 0.2) is 28.0 Å². The summed E-state index contributed by atoms with van der Waals surface area (Å²) in [5, 5.41) is 6.62. The minimum atomic E-state index is -0.184. The van der Waals surface area contributed by atoms with Crippen LogP contribution in [-0.2, 0) is 17.6 Å². The maximum atomic E-state index is 12.1. The Bertz CT molecular complexity index is 971. The van der Waals surface area contributed by atoms with Crippen LogP contribution in [-0.4, -0.2) is 17.5 Å². The molecule has 5 rings (SSSR count). The molecule has 0 aliphatic heterocycles. The summed E-state index contributed by atoms with van der Waals surface area (Å²) in [4.78, 5) is 16.6. The average Bonchev–Trinajstić information content (AvgIpc) is 3.29. The predicted molar refractivity (Wildman–Crippen MR) is 101 cm³/mol. The Morgan fingerprint density at radius 1 is 1.31 bits per heavy atom. The third-order valence-corrected chi connectivity index (χ3v) is 5.84. The van der Waals surface area contributed by atoms with Crippen molar-refractivity contribution in [1.29, 1.82) is 0 Å². The predicted octanol–water partition coefficient (Wildman–Crippen LogP) is 4.66. The van der Waals surface area contributed by atoms with Gasteiger partial charge >= 0.3 is 0 Å². The number of thiazole rings is 1. The lowest BCUT2D eigenvalue weighted by Gasteiger charge is -2.09. The number of carbonyl (C=O) groups is 1. The van der Waals surface area contributed by atoms with Gasteiger partial charge in [-0.3, -0.25) is 10.1 Å². The van der Waals surface area contributed by atoms with Gasteiger partial charge in [0.1, 0.15) is 17.1 Å². The number of rotatable bonds is 5. The highest BCUT2D eigenvalue weighted by molar-refractivity contribution is 7.13. The van der Waals surface area contributed by atoms with Gasteiger partial charge in [-0.25, -0.2) is 4.98 Å². The second-order valence-electron chi connectivity index (χ2n) is 7.06. The Balaban J connectivity index is 1.24. The lowest BCUT2D eigenvalue weighted by molar-refractivity contribution is -0.118. The summed E-state index contributed by atoms with van der Waals surface area (Å²) < 4.78 is 11.6. The zero-order valence-electron chi connectivity index (χ0n) is 14.4. The van der Waals surface area contributed by atoms with Crippen LogP contribution in [0, 0.1) is 0 Å². The van der Waals surface area contributed by atoms with Crippen LogP contribution in [0.25, 0.3) is 11.0 Å². The largest absolute Gasteiger partial charge is 0.484 e. The van der Waals surface area contributed by atoms with Crippen LogP contribution in [0.1, 0.15) is 48.6 Å². The van der Waals surface area contributed by atoms with E-state index in [1.165, 1.54) is 42.6 Å². The average molecular weight is 368 g/mol. The third-order valence-electron chi connectivity index (χ3n) is 5.06. The van der Waals surface area contributed by atoms with Crippen LogP contribution in [0.3, 0.4) is 0 Å². The van der Waals surface area contributed by atoms with Gasteiger partial charge in [0.25, 0.3) is 5.91 Å². The van der Waals surface area contributed by atoms with E-state index in [-0.39, 0.29) is 12.5 Å². The van der Waals surface area contributed by atoms with Gasteiger partial charge in [0.05, 0.1) is 5.69 Å². The summed E-state index contributed by atoms with van der Waals surface area (Å²) in [6.45, 7) is -0.0239. The lowest BCUT2D eigenvalue weighted by atomic mass is 9.96. The molecule has 1 saturated carbocycles. The Hall–Kier alpha value is -2.34. The number of furan rings is 1. The van der Waals surface area contributed by atoms with Crippen LogP contribution < -0.4 is 10.1 Å². The number of ether oxygens (including phenoxy) is 1. The van der Waals surface area contributed by atoms with Gasteiger partial charge in [-0.15, -0.1) is 11.3 Å². The Labute approximate surface area is 155 Å². The van der Waals surface area contributed by atoms with Crippen molar-refractivity contribution in [3.8, 4) is 5.75 Å². The van der Waals surface area contributed by atoms with E-state index >= 15 is 0 Å². The van der Waals surface area contributed by atoms with Crippen molar-refractivity contribution in [2.45, 2.75) is 44.4 Å². The molecule has 134 valence electrons. The first-order valence-corrected chi connectivity index (χ1v) is 10.1. The first kappa shape index (κ1) is 15.9. The first-order chi connectivity index (χ1) is 12.8. The summed E-state index contributed by atoms with van der Waals surface area (Å²) in [5.74, 6) is 2.22. The molecule has 2 heterocycles. The highest BCUT2D eigenvalue weighted by atomic mass is 32.1. The monoisotopic (exact) mass is 368 g/mol. The molecule has 0 bridgehead atoms. The number of fused-ring (bicyclic) bond motifs is 3. The van der Waals surface area contributed by atoms with Crippen molar-refractivity contribution in [2.75, 3.05) is 11.9 Å². The Morgan fingerprint density at radius 2 is 2.19 bits per heavy atom. The Kier molecular flexibility index (Phi) is 3.93. The topological polar surface area (TPSA) is 64.4 Å². The van der Waals surface area contributed by atoms with E-state index in [4.69, 9.17) is 9.15 Å². The molecule has 0 radical (unpaired) electrons. The molecule has 0 atom stereocenters. The van der Waals surface area contributed by atoms with E-state index in [0.717, 1.165) is 35.3 Å². The van der Waals surface area contributed by atoms with Gasteiger partial charge in [-0.2, -0.15) is 0 Å². The summed E-state index contributed by atoms with van der Waals surface area (Å²) in [7, 11) is 0. The smallest absolute Gasteiger partial charge is 0.264 e. The van der Waals surface area contributed by atoms with E-state index in [9.17, 15) is 4.79 Å². The van der Waals surface area contributed by atoms with E-state index in [2.05, 4.69) is 10.3 Å². The molecule has 1 amide bonds. The number of hydrogen-bond donors (Lipinski definition) is 1. The minimum Gasteiger partial charge on any atom is -0.484 e. The maximum Gasteiger partial charge on any atom is 0.264 e. The molecule has 2 aliphatic rings. The van der Waals surface area contributed by atoms with E-state index in [0.29, 0.717) is 16.8 Å². The van der Waals surface area contributed by atoms with Gasteiger partial charge in [-0.1, -0.05) is 0 Å². The van der Waals surface area contributed by atoms with Crippen molar-refractivity contribution in [3.63, 3.8) is 0 Å². The molecular formula is C20H20N2O3S. The molecule has 5 nitrogen and oxygen atoms in total. The summed E-state index contributed by atoms with van der Waals surface area (Å²) in [5.41, 5.74) is 3.31. The van der Waals surface area contributed by atoms with Gasteiger partial charge in [0.2, 0.25) is 0 Å². The number of anilines is 1. The molecule has 2 aliphatic carbocycles. The first-order valence-electron chi connectivity index (χ1n) is 9.18. The van der Waals surface area contributed by atoms with Gasteiger partial charge < -0.3 is 9.15 Å². The zero-order valence-corrected chi connectivity index (χ0v) is 15.2. The van der Waals surface area contributed by atoms with Gasteiger partial charge in [0.15, 0.2) is 11.7 Å². The molecule has 2 aromatic heterocycles. The molecule has 6 heteroatoms. The molecule has 0 unspecified atom stereocenters. The number of nitrogens with one attached hydrogen (secondary N) is 1. The molecular weight excluding hydrogens is 348 g/mol. The highest BCUT2D eigenvalue weighted by Gasteiger charge is 2.26. The van der Waals surface area contributed by atoms with Crippen molar-refractivity contribution in [3.05, 3.63) is 40.6 Å². The zero-order chi connectivity index (χ0) is 17.5. The fourth-order valence-corrected chi connectivity index (χ4v) is 4.35. The second kappa shape index (κ2) is 6.43. The van der Waals surface area contributed by atoms with E-state index in [1.54, 1.807) is 0 Å². The van der Waals surface area contributed by atoms with Crippen molar-refractivity contribution >= 4 is 33.3 Å². The quantitative estimate of drug-likeness (QED) is 0.711. The fraction of sp³-hybridized carbons (Fsp3) is 0.400. The number of benzene rings is 1. The van der Waals surface area contributed by atoms with Crippen LogP contribution >= 0.6 is 11.3 Å². The number of amides is 1. The number of carbonyl (C=O) groups excluding carboxylic acids is 1. The van der Waals surface area contributed by atoms with Crippen molar-refractivity contribution in [2.24, 2.45) is 0 Å². The number of aryl methyl sites for hydroxylation is 2. The second-order valence-corrected chi connectivity index (χ2v) is 7.92. The number of nitrogens with zero attached hydrogens (tertiary/aromatic N) is 1. The van der Waals surface area contributed by atoms with Crippen LogP contribution in [0.2, 0.25) is 0 Å². The maximum absolute atomic E-state index is 12.1. The summed E-state index contributed by atoms with van der Waals surface area (Å²) in [6, 6.07) is 5.79. The molecule has 1 N–H and O–H groups in total. The van der Waals surface area contributed by atoms with Crippen molar-refractivity contribution in [1.82, 2.24) is 4.98 Å². The molecule has 3 aromatic rings. The molecule has 1 fully saturated rings. The van der Waals surface area contributed by atoms with Gasteiger partial charge in [-0.05, 0) is 50.3 Å². The lowest BCUT2D eigenvalue weighted by Crippen LogP contribution is -2.20. The van der Waals surface area contributed by atoms with Gasteiger partial charge in [0, 0.05) is 28.7 Å². The minimum absolute atomic E-state index is 0.0239. The SMILES string of the molecule is O=C(COc1ccc2oc3c(c2c1)CCCC3)Nc1nc(C2CC2)cs1. The molecule has 0 spiro atoms. The Morgan fingerprint density at radius 3 is 3.08 bits per heavy atom. The summed E-state index contributed by atoms with van der Waals surface area (Å²) >= 11 is 1.48. The van der Waals surface area contributed by atoms with Crippen molar-refractivity contribution < 1.29 is 13.9 Å². The highest BCUT2D eigenvalue weighted by Crippen LogP contribution is 2.40. The van der Waals surface area contributed by atoms with E-state index in [1.807, 2.05) is 23.6 Å². The number of aromatic nitrogens is 1. The van der Waals surface area contributed by atoms with Crippen LogP contribution in [0.4, 0.5) is 5.13 Å². The fourth-order valence-electron chi connectivity index (χ4n) is 3.55. The normalized spacial score (nSPS) is 16.5. The molecule has 0 saturated heterocycles. The molecule has 1 aromatic carbocycles. The van der Waals surface area contributed by atoms with Crippen LogP contribution in [0.5, 0.6) is 5.75 Å². The molecule has 26 heavy (non-hydrogen) atoms. The standard InChI is InChI=1S/C20H20N2O3S/c23-19(22-20-21-16(11-26-20)12-5-6-12)10-24-13-7-8-18-15(9-13)14-3-1-2-4-17(14)25-18/h7-9,11-12H,1-6,10H2,(H,21,22,23). The number of hydrogen-bond acceptors (Lipinski definition) is 5. The summed E-state index contributed by atoms with van der Waals surface area (Å²) in [6.07, 6.45) is 6.88.